The molecule has 1 fully saturated rings. The number of ether oxygens (including phenoxy) is 2. The van der Waals surface area contributed by atoms with Crippen molar-refractivity contribution in [3.8, 4) is 0 Å². The zero-order chi connectivity index (χ0) is 19.9. The SMILES string of the molecule is Cc1ccc(C)c(NC(=O)COC(=O)c2ccc(C[NH+]3CCOCC3)cc2)c1. The van der Waals surface area contributed by atoms with Crippen LogP contribution in [0.15, 0.2) is 42.5 Å². The molecule has 1 saturated heterocycles. The van der Waals surface area contributed by atoms with E-state index in [9.17, 15) is 9.59 Å². The molecule has 1 amide bonds. The average Bonchev–Trinajstić information content (AvgIpc) is 2.70. The summed E-state index contributed by atoms with van der Waals surface area (Å²) in [7, 11) is 0. The van der Waals surface area contributed by atoms with E-state index in [1.165, 1.54) is 10.5 Å². The second-order valence-corrected chi connectivity index (χ2v) is 7.18. The van der Waals surface area contributed by atoms with Crippen molar-refractivity contribution in [2.75, 3.05) is 38.2 Å². The fourth-order valence-electron chi connectivity index (χ4n) is 3.16. The Morgan fingerprint density at radius 1 is 1.07 bits per heavy atom. The van der Waals surface area contributed by atoms with Gasteiger partial charge in [-0.3, -0.25) is 4.79 Å². The first-order valence-corrected chi connectivity index (χ1v) is 9.56. The van der Waals surface area contributed by atoms with Gasteiger partial charge in [-0.25, -0.2) is 4.79 Å². The first-order valence-electron chi connectivity index (χ1n) is 9.56. The standard InChI is InChI=1S/C22H26N2O4/c1-16-3-4-17(2)20(13-16)23-21(25)15-28-22(26)19-7-5-18(6-8-19)14-24-9-11-27-12-10-24/h3-8,13H,9-12,14-15H2,1-2H3,(H,23,25)/p+1. The number of esters is 1. The molecule has 1 aliphatic heterocycles. The van der Waals surface area contributed by atoms with Crippen LogP contribution in [0.25, 0.3) is 0 Å². The molecule has 2 N–H and O–H groups in total. The highest BCUT2D eigenvalue weighted by Crippen LogP contribution is 2.16. The number of rotatable bonds is 6. The van der Waals surface area contributed by atoms with E-state index in [1.807, 2.05) is 44.2 Å². The van der Waals surface area contributed by atoms with Crippen molar-refractivity contribution in [2.45, 2.75) is 20.4 Å². The van der Waals surface area contributed by atoms with Crippen LogP contribution in [0.4, 0.5) is 5.69 Å². The van der Waals surface area contributed by atoms with Gasteiger partial charge in [-0.2, -0.15) is 0 Å². The van der Waals surface area contributed by atoms with Crippen LogP contribution in [0.1, 0.15) is 27.0 Å². The second kappa shape index (κ2) is 9.48. The summed E-state index contributed by atoms with van der Waals surface area (Å²) in [5.41, 5.74) is 4.36. The van der Waals surface area contributed by atoms with Crippen LogP contribution >= 0.6 is 0 Å². The van der Waals surface area contributed by atoms with E-state index in [0.29, 0.717) is 5.56 Å². The van der Waals surface area contributed by atoms with Gasteiger partial charge in [0.05, 0.1) is 18.8 Å². The summed E-state index contributed by atoms with van der Waals surface area (Å²) in [6, 6.07) is 13.2. The first-order chi connectivity index (χ1) is 13.5. The minimum absolute atomic E-state index is 0.314. The number of morpholine rings is 1. The van der Waals surface area contributed by atoms with Crippen molar-refractivity contribution in [3.63, 3.8) is 0 Å². The minimum atomic E-state index is -0.499. The smallest absolute Gasteiger partial charge is 0.338 e. The Labute approximate surface area is 165 Å². The number of carbonyl (C=O) groups is 2. The summed E-state index contributed by atoms with van der Waals surface area (Å²) in [5.74, 6) is -0.851. The van der Waals surface area contributed by atoms with Crippen molar-refractivity contribution in [1.29, 1.82) is 0 Å². The Bertz CT molecular complexity index is 827. The van der Waals surface area contributed by atoms with Gasteiger partial charge in [0.15, 0.2) is 6.61 Å². The predicted octanol–water partition coefficient (Wildman–Crippen LogP) is 1.51. The molecule has 28 heavy (non-hydrogen) atoms. The van der Waals surface area contributed by atoms with Gasteiger partial charge in [-0.1, -0.05) is 24.3 Å². The summed E-state index contributed by atoms with van der Waals surface area (Å²) in [5, 5.41) is 2.78. The molecule has 0 aliphatic carbocycles. The van der Waals surface area contributed by atoms with Gasteiger partial charge in [-0.05, 0) is 43.2 Å². The molecule has 0 atom stereocenters. The topological polar surface area (TPSA) is 69.1 Å². The van der Waals surface area contributed by atoms with E-state index < -0.39 is 5.97 Å². The monoisotopic (exact) mass is 383 g/mol. The Kier molecular flexibility index (Phi) is 6.79. The summed E-state index contributed by atoms with van der Waals surface area (Å²) in [6.07, 6.45) is 0. The molecule has 2 aromatic rings. The van der Waals surface area contributed by atoms with E-state index in [0.717, 1.165) is 49.7 Å². The number of hydrogen-bond donors (Lipinski definition) is 2. The molecular formula is C22H27N2O4+. The maximum absolute atomic E-state index is 12.2. The molecule has 0 aromatic heterocycles. The van der Waals surface area contributed by atoms with Crippen molar-refractivity contribution in [2.24, 2.45) is 0 Å². The Hall–Kier alpha value is -2.70. The zero-order valence-corrected chi connectivity index (χ0v) is 16.4. The molecule has 6 nitrogen and oxygen atoms in total. The number of amides is 1. The number of quaternary nitrogens is 1. The van der Waals surface area contributed by atoms with E-state index in [2.05, 4.69) is 5.32 Å². The third kappa shape index (κ3) is 5.65. The summed E-state index contributed by atoms with van der Waals surface area (Å²) in [6.45, 7) is 8.07. The van der Waals surface area contributed by atoms with Crippen molar-refractivity contribution in [3.05, 3.63) is 64.7 Å². The summed E-state index contributed by atoms with van der Waals surface area (Å²) >= 11 is 0. The predicted molar refractivity (Wildman–Crippen MR) is 106 cm³/mol. The van der Waals surface area contributed by atoms with Crippen LogP contribution in [-0.2, 0) is 20.8 Å². The zero-order valence-electron chi connectivity index (χ0n) is 16.4. The maximum Gasteiger partial charge on any atom is 0.338 e. The Morgan fingerprint density at radius 3 is 2.50 bits per heavy atom. The van der Waals surface area contributed by atoms with Gasteiger partial charge in [0.1, 0.15) is 19.6 Å². The van der Waals surface area contributed by atoms with E-state index in [1.54, 1.807) is 12.1 Å². The third-order valence-electron chi connectivity index (χ3n) is 4.85. The minimum Gasteiger partial charge on any atom is -0.452 e. The molecule has 1 aliphatic rings. The van der Waals surface area contributed by atoms with Crippen LogP contribution in [0.3, 0.4) is 0 Å². The lowest BCUT2D eigenvalue weighted by molar-refractivity contribution is -0.921. The number of nitrogens with one attached hydrogen (secondary N) is 2. The van der Waals surface area contributed by atoms with Gasteiger partial charge in [0.25, 0.3) is 5.91 Å². The number of aryl methyl sites for hydroxylation is 2. The lowest BCUT2D eigenvalue weighted by Crippen LogP contribution is -3.12. The molecule has 1 heterocycles. The molecule has 0 radical (unpaired) electrons. The Morgan fingerprint density at radius 2 is 1.79 bits per heavy atom. The van der Waals surface area contributed by atoms with E-state index in [-0.39, 0.29) is 12.5 Å². The fraction of sp³-hybridized carbons (Fsp3) is 0.364. The molecule has 6 heteroatoms. The fourth-order valence-corrected chi connectivity index (χ4v) is 3.16. The summed E-state index contributed by atoms with van der Waals surface area (Å²) < 4.78 is 10.5. The maximum atomic E-state index is 12.2. The highest BCUT2D eigenvalue weighted by atomic mass is 16.5. The molecule has 148 valence electrons. The molecule has 3 rings (SSSR count). The molecule has 0 spiro atoms. The lowest BCUT2D eigenvalue weighted by Gasteiger charge is -2.23. The molecule has 2 aromatic carbocycles. The Balaban J connectivity index is 1.48. The highest BCUT2D eigenvalue weighted by molar-refractivity contribution is 5.95. The number of benzene rings is 2. The second-order valence-electron chi connectivity index (χ2n) is 7.18. The largest absolute Gasteiger partial charge is 0.452 e. The van der Waals surface area contributed by atoms with Gasteiger partial charge >= 0.3 is 5.97 Å². The van der Waals surface area contributed by atoms with Crippen molar-refractivity contribution >= 4 is 17.6 Å². The number of anilines is 1. The van der Waals surface area contributed by atoms with Gasteiger partial charge in [-0.15, -0.1) is 0 Å². The number of carbonyl (C=O) groups excluding carboxylic acids is 2. The molecule has 0 saturated carbocycles. The van der Waals surface area contributed by atoms with Crippen LogP contribution < -0.4 is 10.2 Å². The molecular weight excluding hydrogens is 356 g/mol. The number of hydrogen-bond acceptors (Lipinski definition) is 4. The van der Waals surface area contributed by atoms with E-state index >= 15 is 0 Å². The van der Waals surface area contributed by atoms with Crippen molar-refractivity contribution < 1.29 is 24.0 Å². The average molecular weight is 383 g/mol. The van der Waals surface area contributed by atoms with Crippen LogP contribution in [0.2, 0.25) is 0 Å². The van der Waals surface area contributed by atoms with Gasteiger partial charge in [0, 0.05) is 11.3 Å². The molecule has 0 unspecified atom stereocenters. The van der Waals surface area contributed by atoms with Crippen LogP contribution in [0, 0.1) is 13.8 Å². The normalized spacial score (nSPS) is 14.5. The summed E-state index contributed by atoms with van der Waals surface area (Å²) in [4.78, 5) is 25.8. The first kappa shape index (κ1) is 20.0. The van der Waals surface area contributed by atoms with Crippen LogP contribution in [-0.4, -0.2) is 44.8 Å². The quantitative estimate of drug-likeness (QED) is 0.742. The van der Waals surface area contributed by atoms with E-state index in [4.69, 9.17) is 9.47 Å². The third-order valence-corrected chi connectivity index (χ3v) is 4.85. The molecule has 0 bridgehead atoms. The van der Waals surface area contributed by atoms with Gasteiger partial charge in [0.2, 0.25) is 0 Å². The highest BCUT2D eigenvalue weighted by Gasteiger charge is 2.15. The van der Waals surface area contributed by atoms with Crippen molar-refractivity contribution in [1.82, 2.24) is 0 Å². The van der Waals surface area contributed by atoms with Gasteiger partial charge < -0.3 is 19.7 Å². The lowest BCUT2D eigenvalue weighted by atomic mass is 10.1. The van der Waals surface area contributed by atoms with Crippen LogP contribution in [0.5, 0.6) is 0 Å².